The van der Waals surface area contributed by atoms with E-state index < -0.39 is 5.97 Å². The number of hydrogen-bond acceptors (Lipinski definition) is 4. The van der Waals surface area contributed by atoms with Crippen LogP contribution in [0.4, 0.5) is 5.69 Å². The second kappa shape index (κ2) is 5.71. The second-order valence-corrected chi connectivity index (χ2v) is 5.93. The van der Waals surface area contributed by atoms with Gasteiger partial charge in [-0.05, 0) is 31.2 Å². The highest BCUT2D eigenvalue weighted by Gasteiger charge is 2.14. The molecule has 1 aromatic carbocycles. The molecule has 0 saturated heterocycles. The van der Waals surface area contributed by atoms with Crippen LogP contribution in [-0.2, 0) is 5.75 Å². The van der Waals surface area contributed by atoms with Gasteiger partial charge in [0.05, 0.1) is 5.75 Å². The van der Waals surface area contributed by atoms with Gasteiger partial charge in [-0.1, -0.05) is 15.9 Å². The number of hydrogen-bond donors (Lipinski definition) is 2. The van der Waals surface area contributed by atoms with E-state index in [1.54, 1.807) is 13.0 Å². The molecule has 0 bridgehead atoms. The molecular weight excluding hydrogens is 330 g/mol. The predicted molar refractivity (Wildman–Crippen MR) is 78.5 cm³/mol. The summed E-state index contributed by atoms with van der Waals surface area (Å²) in [5.41, 5.74) is 7.19. The van der Waals surface area contributed by atoms with Gasteiger partial charge in [0.1, 0.15) is 5.76 Å². The third kappa shape index (κ3) is 3.33. The van der Waals surface area contributed by atoms with E-state index in [4.69, 9.17) is 15.3 Å². The molecule has 19 heavy (non-hydrogen) atoms. The van der Waals surface area contributed by atoms with Crippen molar-refractivity contribution in [3.05, 3.63) is 45.8 Å². The molecule has 0 amide bonds. The first-order valence-corrected chi connectivity index (χ1v) is 7.25. The maximum atomic E-state index is 10.9. The number of aryl methyl sites for hydroxylation is 1. The van der Waals surface area contributed by atoms with Gasteiger partial charge in [0.15, 0.2) is 0 Å². The third-order valence-corrected chi connectivity index (χ3v) is 4.10. The van der Waals surface area contributed by atoms with E-state index in [0.29, 0.717) is 22.8 Å². The van der Waals surface area contributed by atoms with Crippen LogP contribution >= 0.6 is 27.7 Å². The molecule has 0 spiro atoms. The number of rotatable bonds is 4. The average Bonchev–Trinajstić information content (AvgIpc) is 2.72. The number of aromatic carboxylic acids is 1. The molecule has 6 heteroatoms. The molecule has 1 heterocycles. The summed E-state index contributed by atoms with van der Waals surface area (Å²) in [4.78, 5) is 11.8. The molecule has 0 aliphatic heterocycles. The van der Waals surface area contributed by atoms with Crippen LogP contribution < -0.4 is 5.73 Å². The second-order valence-electron chi connectivity index (χ2n) is 4.00. The fraction of sp³-hybridized carbons (Fsp3) is 0.154. The fourth-order valence-corrected chi connectivity index (χ4v) is 3.01. The van der Waals surface area contributed by atoms with Crippen molar-refractivity contribution < 1.29 is 14.3 Å². The molecule has 0 saturated carbocycles. The molecule has 0 aliphatic rings. The summed E-state index contributed by atoms with van der Waals surface area (Å²) >= 11 is 4.89. The molecule has 1 aromatic heterocycles. The van der Waals surface area contributed by atoms with Crippen molar-refractivity contribution in [3.63, 3.8) is 0 Å². The predicted octanol–water partition coefficient (Wildman–Crippen LogP) is 3.92. The number of thioether (sulfide) groups is 1. The van der Waals surface area contributed by atoms with Gasteiger partial charge in [-0.25, -0.2) is 4.79 Å². The van der Waals surface area contributed by atoms with Crippen LogP contribution in [0.15, 0.2) is 38.1 Å². The Labute approximate surface area is 123 Å². The van der Waals surface area contributed by atoms with Crippen molar-refractivity contribution in [2.45, 2.75) is 17.6 Å². The van der Waals surface area contributed by atoms with Gasteiger partial charge in [0, 0.05) is 20.6 Å². The summed E-state index contributed by atoms with van der Waals surface area (Å²) in [5.74, 6) is 0.113. The Balaban J connectivity index is 2.12. The molecule has 2 aromatic rings. The molecule has 0 unspecified atom stereocenters. The number of carbonyl (C=O) groups is 1. The van der Waals surface area contributed by atoms with Crippen molar-refractivity contribution in [2.24, 2.45) is 0 Å². The average molecular weight is 342 g/mol. The highest BCUT2D eigenvalue weighted by molar-refractivity contribution is 9.10. The smallest absolute Gasteiger partial charge is 0.372 e. The number of carboxylic acid groups (broad SMARTS) is 1. The number of carboxylic acids is 1. The summed E-state index contributed by atoms with van der Waals surface area (Å²) in [6, 6.07) is 7.36. The molecular formula is C13H12BrNO3S. The zero-order valence-electron chi connectivity index (χ0n) is 10.1. The molecule has 100 valence electrons. The van der Waals surface area contributed by atoms with Gasteiger partial charge in [-0.2, -0.15) is 0 Å². The van der Waals surface area contributed by atoms with E-state index in [0.717, 1.165) is 9.37 Å². The molecule has 3 N–H and O–H groups in total. The molecule has 0 aliphatic carbocycles. The summed E-state index contributed by atoms with van der Waals surface area (Å²) in [6.07, 6.45) is 0. The summed E-state index contributed by atoms with van der Waals surface area (Å²) < 4.78 is 6.24. The molecule has 2 rings (SSSR count). The largest absolute Gasteiger partial charge is 0.475 e. The van der Waals surface area contributed by atoms with Crippen LogP contribution in [0, 0.1) is 6.92 Å². The lowest BCUT2D eigenvalue weighted by atomic mass is 10.3. The number of furan rings is 1. The first-order chi connectivity index (χ1) is 8.97. The van der Waals surface area contributed by atoms with Crippen LogP contribution in [0.2, 0.25) is 0 Å². The summed E-state index contributed by atoms with van der Waals surface area (Å²) in [7, 11) is 0. The van der Waals surface area contributed by atoms with E-state index in [2.05, 4.69) is 15.9 Å². The van der Waals surface area contributed by atoms with Gasteiger partial charge in [0.25, 0.3) is 0 Å². The van der Waals surface area contributed by atoms with E-state index in [9.17, 15) is 4.79 Å². The molecule has 0 atom stereocenters. The Morgan fingerprint density at radius 2 is 2.21 bits per heavy atom. The van der Waals surface area contributed by atoms with E-state index in [1.165, 1.54) is 11.8 Å². The molecule has 4 nitrogen and oxygen atoms in total. The van der Waals surface area contributed by atoms with E-state index >= 15 is 0 Å². The SMILES string of the molecule is Cc1cc(CSc2cc(Br)ccc2N)oc1C(=O)O. The highest BCUT2D eigenvalue weighted by Crippen LogP contribution is 2.31. The number of benzene rings is 1. The lowest BCUT2D eigenvalue weighted by molar-refractivity contribution is 0.0659. The number of anilines is 1. The minimum Gasteiger partial charge on any atom is -0.475 e. The Kier molecular flexibility index (Phi) is 4.21. The quantitative estimate of drug-likeness (QED) is 0.650. The van der Waals surface area contributed by atoms with Crippen molar-refractivity contribution in [3.8, 4) is 0 Å². The Bertz CT molecular complexity index is 624. The van der Waals surface area contributed by atoms with Gasteiger partial charge in [-0.3, -0.25) is 0 Å². The zero-order valence-corrected chi connectivity index (χ0v) is 12.5. The maximum absolute atomic E-state index is 10.9. The number of halogens is 1. The monoisotopic (exact) mass is 341 g/mol. The minimum absolute atomic E-state index is 0.00202. The van der Waals surface area contributed by atoms with Crippen LogP contribution in [0.1, 0.15) is 21.9 Å². The first-order valence-electron chi connectivity index (χ1n) is 5.48. The molecule has 0 fully saturated rings. The fourth-order valence-electron chi connectivity index (χ4n) is 1.61. The van der Waals surface area contributed by atoms with Gasteiger partial charge < -0.3 is 15.3 Å². The Hall–Kier alpha value is -1.40. The van der Waals surface area contributed by atoms with Crippen LogP contribution in [-0.4, -0.2) is 11.1 Å². The normalized spacial score (nSPS) is 10.6. The van der Waals surface area contributed by atoms with E-state index in [1.807, 2.05) is 18.2 Å². The van der Waals surface area contributed by atoms with Gasteiger partial charge in [-0.15, -0.1) is 11.8 Å². The summed E-state index contributed by atoms with van der Waals surface area (Å²) in [6.45, 7) is 1.72. The number of nitrogens with two attached hydrogens (primary N) is 1. The Morgan fingerprint density at radius 1 is 1.47 bits per heavy atom. The standard InChI is InChI=1S/C13H12BrNO3S/c1-7-4-9(18-12(7)13(16)17)6-19-11-5-8(14)2-3-10(11)15/h2-5H,6,15H2,1H3,(H,16,17). The first kappa shape index (κ1) is 14.0. The lowest BCUT2D eigenvalue weighted by Crippen LogP contribution is -1.94. The van der Waals surface area contributed by atoms with Crippen LogP contribution in [0.5, 0.6) is 0 Å². The van der Waals surface area contributed by atoms with Gasteiger partial charge in [0.2, 0.25) is 5.76 Å². The van der Waals surface area contributed by atoms with Gasteiger partial charge >= 0.3 is 5.97 Å². The number of nitrogen functional groups attached to an aromatic ring is 1. The van der Waals surface area contributed by atoms with Crippen molar-refractivity contribution in [1.82, 2.24) is 0 Å². The van der Waals surface area contributed by atoms with E-state index in [-0.39, 0.29) is 5.76 Å². The van der Waals surface area contributed by atoms with Crippen molar-refractivity contribution >= 4 is 39.3 Å². The molecule has 0 radical (unpaired) electrons. The Morgan fingerprint density at radius 3 is 2.84 bits per heavy atom. The van der Waals surface area contributed by atoms with Crippen LogP contribution in [0.25, 0.3) is 0 Å². The lowest BCUT2D eigenvalue weighted by Gasteiger charge is -2.04. The van der Waals surface area contributed by atoms with Crippen LogP contribution in [0.3, 0.4) is 0 Å². The summed E-state index contributed by atoms with van der Waals surface area (Å²) in [5, 5.41) is 8.92. The topological polar surface area (TPSA) is 76.5 Å². The highest BCUT2D eigenvalue weighted by atomic mass is 79.9. The third-order valence-electron chi connectivity index (χ3n) is 2.51. The minimum atomic E-state index is -1.05. The van der Waals surface area contributed by atoms with Crippen molar-refractivity contribution in [2.75, 3.05) is 5.73 Å². The zero-order chi connectivity index (χ0) is 14.0. The van der Waals surface area contributed by atoms with Crippen molar-refractivity contribution in [1.29, 1.82) is 0 Å². The maximum Gasteiger partial charge on any atom is 0.372 e.